The Morgan fingerprint density at radius 2 is 0.864 bits per heavy atom. The van der Waals surface area contributed by atoms with Crippen molar-refractivity contribution in [2.24, 2.45) is 0 Å². The molecule has 0 atom stereocenters. The van der Waals surface area contributed by atoms with Crippen LogP contribution in [0.3, 0.4) is 0 Å². The van der Waals surface area contributed by atoms with Gasteiger partial charge in [0.25, 0.3) is 0 Å². The van der Waals surface area contributed by atoms with Gasteiger partial charge >= 0.3 is 0 Å². The van der Waals surface area contributed by atoms with Crippen LogP contribution in [0.1, 0.15) is 25.0 Å². The van der Waals surface area contributed by atoms with Crippen LogP contribution in [0, 0.1) is 0 Å². The molecule has 0 fully saturated rings. The molecule has 59 heavy (non-hydrogen) atoms. The highest BCUT2D eigenvalue weighted by atomic mass is 32.1. The fraction of sp³-hybridized carbons (Fsp3) is 0.0526. The third-order valence-electron chi connectivity index (χ3n) is 13.3. The lowest BCUT2D eigenvalue weighted by atomic mass is 9.82. The molecular weight excluding hydrogens is 733 g/mol. The average Bonchev–Trinajstić information content (AvgIpc) is 3.92. The highest BCUT2D eigenvalue weighted by Crippen LogP contribution is 2.55. The standard InChI is InChI=1S/C57H36OS/c1-57(2)48-23-13-12-22-45(48)54-49(57)29-28-44-47-32-46(36-16-6-11-21-43(36)55(47)59-56(44)54)34-24-26-37-38-27-25-35(31-51(38)58-50(37)30-34)53-41-19-9-7-17-39(41)52(33-14-4-3-5-15-33)40-18-8-10-20-42(40)53/h3-32H,1-2H3. The minimum absolute atomic E-state index is 0.0269. The van der Waals surface area contributed by atoms with Crippen LogP contribution in [-0.2, 0) is 5.41 Å². The van der Waals surface area contributed by atoms with Gasteiger partial charge in [-0.1, -0.05) is 166 Å². The predicted molar refractivity (Wildman–Crippen MR) is 253 cm³/mol. The second-order valence-electron chi connectivity index (χ2n) is 16.7. The van der Waals surface area contributed by atoms with E-state index in [1.165, 1.54) is 97.0 Å². The Morgan fingerprint density at radius 3 is 1.56 bits per heavy atom. The Hall–Kier alpha value is -7.00. The summed E-state index contributed by atoms with van der Waals surface area (Å²) in [4.78, 5) is 0. The molecule has 1 aliphatic rings. The fourth-order valence-corrected chi connectivity index (χ4v) is 11.9. The lowest BCUT2D eigenvalue weighted by Gasteiger charge is -2.21. The quantitative estimate of drug-likeness (QED) is 0.163. The number of rotatable bonds is 3. The number of hydrogen-bond donors (Lipinski definition) is 0. The van der Waals surface area contributed by atoms with Crippen LogP contribution in [-0.4, -0.2) is 0 Å². The van der Waals surface area contributed by atoms with Gasteiger partial charge in [0.05, 0.1) is 0 Å². The van der Waals surface area contributed by atoms with Crippen LogP contribution in [0.15, 0.2) is 186 Å². The summed E-state index contributed by atoms with van der Waals surface area (Å²) in [5.41, 5.74) is 14.7. The number of fused-ring (bicyclic) bond motifs is 14. The van der Waals surface area contributed by atoms with Gasteiger partial charge in [-0.15, -0.1) is 11.3 Å². The molecule has 0 radical (unpaired) electrons. The number of hydrogen-bond acceptors (Lipinski definition) is 2. The van der Waals surface area contributed by atoms with E-state index < -0.39 is 0 Å². The molecule has 1 aliphatic carbocycles. The van der Waals surface area contributed by atoms with E-state index in [1.54, 1.807) is 0 Å². The van der Waals surface area contributed by atoms with Gasteiger partial charge in [0, 0.05) is 47.3 Å². The van der Waals surface area contributed by atoms with E-state index in [4.69, 9.17) is 4.42 Å². The first-order chi connectivity index (χ1) is 29.0. The van der Waals surface area contributed by atoms with Crippen molar-refractivity contribution in [2.45, 2.75) is 19.3 Å². The SMILES string of the molecule is CC1(C)c2ccccc2-c2c1ccc1c2sc2c3ccccc3c(-c3ccc4c(c3)oc3cc(-c5c6ccccc6c(-c6ccccc6)c6ccccc56)ccc34)cc12. The number of thiophene rings is 1. The molecule has 0 bridgehead atoms. The van der Waals surface area contributed by atoms with Crippen molar-refractivity contribution < 1.29 is 4.42 Å². The molecule has 12 aromatic rings. The molecular formula is C57H36OS. The maximum Gasteiger partial charge on any atom is 0.136 e. The van der Waals surface area contributed by atoms with Crippen LogP contribution in [0.4, 0.5) is 0 Å². The normalized spacial score (nSPS) is 13.4. The van der Waals surface area contributed by atoms with Crippen molar-refractivity contribution in [1.82, 2.24) is 0 Å². The summed E-state index contributed by atoms with van der Waals surface area (Å²) in [6.07, 6.45) is 0. The van der Waals surface area contributed by atoms with Gasteiger partial charge in [-0.05, 0) is 107 Å². The average molecular weight is 769 g/mol. The Balaban J connectivity index is 0.993. The van der Waals surface area contributed by atoms with Crippen LogP contribution in [0.2, 0.25) is 0 Å². The zero-order valence-electron chi connectivity index (χ0n) is 32.6. The maximum absolute atomic E-state index is 6.85. The van der Waals surface area contributed by atoms with E-state index in [2.05, 4.69) is 196 Å². The van der Waals surface area contributed by atoms with Gasteiger partial charge in [-0.25, -0.2) is 0 Å². The van der Waals surface area contributed by atoms with Crippen molar-refractivity contribution >= 4 is 85.8 Å². The smallest absolute Gasteiger partial charge is 0.136 e. The first-order valence-electron chi connectivity index (χ1n) is 20.5. The lowest BCUT2D eigenvalue weighted by Crippen LogP contribution is -2.14. The lowest BCUT2D eigenvalue weighted by molar-refractivity contribution is 0.661. The van der Waals surface area contributed by atoms with Gasteiger partial charge in [0.1, 0.15) is 11.2 Å². The van der Waals surface area contributed by atoms with Crippen molar-refractivity contribution in [1.29, 1.82) is 0 Å². The second-order valence-corrected chi connectivity index (χ2v) is 17.7. The zero-order valence-corrected chi connectivity index (χ0v) is 33.5. The van der Waals surface area contributed by atoms with E-state index in [-0.39, 0.29) is 5.41 Å². The molecule has 1 nitrogen and oxygen atoms in total. The molecule has 13 rings (SSSR count). The van der Waals surface area contributed by atoms with Crippen LogP contribution < -0.4 is 0 Å². The van der Waals surface area contributed by atoms with E-state index in [0.717, 1.165) is 33.1 Å². The number of furan rings is 1. The monoisotopic (exact) mass is 768 g/mol. The summed E-state index contributed by atoms with van der Waals surface area (Å²) in [6, 6.07) is 67.2. The topological polar surface area (TPSA) is 13.1 Å². The minimum atomic E-state index is -0.0269. The Kier molecular flexibility index (Phi) is 6.73. The molecule has 0 saturated carbocycles. The molecule has 2 heterocycles. The van der Waals surface area contributed by atoms with Gasteiger partial charge in [0.2, 0.25) is 0 Å². The van der Waals surface area contributed by atoms with Crippen molar-refractivity contribution in [3.05, 3.63) is 193 Å². The van der Waals surface area contributed by atoms with Gasteiger partial charge < -0.3 is 4.42 Å². The van der Waals surface area contributed by atoms with Crippen molar-refractivity contribution in [3.63, 3.8) is 0 Å². The Morgan fingerprint density at radius 1 is 0.339 bits per heavy atom. The van der Waals surface area contributed by atoms with Crippen LogP contribution in [0.25, 0.3) is 119 Å². The molecule has 0 spiro atoms. The maximum atomic E-state index is 6.85. The summed E-state index contributed by atoms with van der Waals surface area (Å²) >= 11 is 1.95. The van der Waals surface area contributed by atoms with Crippen molar-refractivity contribution in [3.8, 4) is 44.5 Å². The molecule has 0 N–H and O–H groups in total. The molecule has 2 heteroatoms. The highest BCUT2D eigenvalue weighted by Gasteiger charge is 2.37. The minimum Gasteiger partial charge on any atom is -0.456 e. The molecule has 0 unspecified atom stereocenters. The fourth-order valence-electron chi connectivity index (χ4n) is 10.5. The first kappa shape index (κ1) is 33.0. The largest absolute Gasteiger partial charge is 0.456 e. The third-order valence-corrected chi connectivity index (χ3v) is 14.5. The molecule has 0 aliphatic heterocycles. The van der Waals surface area contributed by atoms with Crippen LogP contribution in [0.5, 0.6) is 0 Å². The molecule has 0 saturated heterocycles. The van der Waals surface area contributed by atoms with Gasteiger partial charge in [0.15, 0.2) is 0 Å². The second kappa shape index (κ2) is 12.0. The molecule has 0 amide bonds. The summed E-state index contributed by atoms with van der Waals surface area (Å²) in [7, 11) is 0. The third kappa shape index (κ3) is 4.55. The molecule has 10 aromatic carbocycles. The van der Waals surface area contributed by atoms with E-state index >= 15 is 0 Å². The highest BCUT2D eigenvalue weighted by molar-refractivity contribution is 7.27. The summed E-state index contributed by atoms with van der Waals surface area (Å²) in [5, 5.41) is 12.5. The first-order valence-corrected chi connectivity index (χ1v) is 21.3. The van der Waals surface area contributed by atoms with Crippen molar-refractivity contribution in [2.75, 3.05) is 0 Å². The van der Waals surface area contributed by atoms with Gasteiger partial charge in [-0.2, -0.15) is 0 Å². The summed E-state index contributed by atoms with van der Waals surface area (Å²) < 4.78 is 9.59. The van der Waals surface area contributed by atoms with E-state index in [1.807, 2.05) is 11.3 Å². The predicted octanol–water partition coefficient (Wildman–Crippen LogP) is 16.7. The Labute approximate surface area is 345 Å². The Bertz CT molecular complexity index is 3690. The summed E-state index contributed by atoms with van der Waals surface area (Å²) in [6.45, 7) is 4.74. The van der Waals surface area contributed by atoms with E-state index in [0.29, 0.717) is 0 Å². The van der Waals surface area contributed by atoms with Gasteiger partial charge in [-0.3, -0.25) is 0 Å². The summed E-state index contributed by atoms with van der Waals surface area (Å²) in [5.74, 6) is 0. The van der Waals surface area contributed by atoms with E-state index in [9.17, 15) is 0 Å². The van der Waals surface area contributed by atoms with Crippen LogP contribution >= 0.6 is 11.3 Å². The zero-order chi connectivity index (χ0) is 39.0. The number of benzene rings is 10. The molecule has 2 aromatic heterocycles. The molecule has 276 valence electrons.